The van der Waals surface area contributed by atoms with Crippen LogP contribution >= 0.6 is 0 Å². The van der Waals surface area contributed by atoms with Crippen molar-refractivity contribution in [3.8, 4) is 11.5 Å². The van der Waals surface area contributed by atoms with Crippen LogP contribution in [0.5, 0.6) is 11.5 Å². The van der Waals surface area contributed by atoms with E-state index in [0.717, 1.165) is 30.7 Å². The Morgan fingerprint density at radius 1 is 1.14 bits per heavy atom. The largest absolute Gasteiger partial charge is 0.490 e. The third-order valence-corrected chi connectivity index (χ3v) is 4.98. The quantitative estimate of drug-likeness (QED) is 0.800. The number of rotatable bonds is 5. The van der Waals surface area contributed by atoms with Gasteiger partial charge >= 0.3 is 5.97 Å². The number of esters is 1. The minimum Gasteiger partial charge on any atom is -0.490 e. The van der Waals surface area contributed by atoms with Crippen LogP contribution in [0, 0.1) is 13.8 Å². The van der Waals surface area contributed by atoms with E-state index in [9.17, 15) is 9.59 Å². The van der Waals surface area contributed by atoms with Gasteiger partial charge in [0.25, 0.3) is 5.91 Å². The minimum atomic E-state index is -0.478. The Morgan fingerprint density at radius 3 is 2.64 bits per heavy atom. The summed E-state index contributed by atoms with van der Waals surface area (Å²) >= 11 is 0. The topological polar surface area (TPSA) is 78.8 Å². The standard InChI is InChI=1S/C21H24N2O5/c1-13-10-17(14(2)23(13)16-5-6-16)21(25)28-12-20(24)22-15-4-7-18-19(11-15)27-9-3-8-26-18/h4,7,10-11,16H,3,5-6,8-9,12H2,1-2H3,(H,22,24). The fraction of sp³-hybridized carbons (Fsp3) is 0.429. The molecule has 1 fully saturated rings. The Morgan fingerprint density at radius 2 is 1.89 bits per heavy atom. The van der Waals surface area contributed by atoms with Crippen LogP contribution in [0.25, 0.3) is 0 Å². The average Bonchev–Trinajstić information content (AvgIpc) is 3.48. The first-order valence-corrected chi connectivity index (χ1v) is 9.58. The summed E-state index contributed by atoms with van der Waals surface area (Å²) in [6.45, 7) is 4.73. The highest BCUT2D eigenvalue weighted by Gasteiger charge is 2.28. The summed E-state index contributed by atoms with van der Waals surface area (Å²) in [6.07, 6.45) is 3.10. The van der Waals surface area contributed by atoms with Gasteiger partial charge in [0.15, 0.2) is 18.1 Å². The van der Waals surface area contributed by atoms with Gasteiger partial charge in [-0.05, 0) is 44.9 Å². The van der Waals surface area contributed by atoms with E-state index in [1.165, 1.54) is 0 Å². The minimum absolute atomic E-state index is 0.347. The number of carbonyl (C=O) groups excluding carboxylic acids is 2. The molecule has 7 nitrogen and oxygen atoms in total. The maximum Gasteiger partial charge on any atom is 0.340 e. The number of nitrogens with zero attached hydrogens (tertiary/aromatic N) is 1. The van der Waals surface area contributed by atoms with E-state index in [4.69, 9.17) is 14.2 Å². The Balaban J connectivity index is 1.35. The van der Waals surface area contributed by atoms with E-state index in [-0.39, 0.29) is 6.61 Å². The molecule has 1 N–H and O–H groups in total. The third-order valence-electron chi connectivity index (χ3n) is 4.98. The highest BCUT2D eigenvalue weighted by atomic mass is 16.5. The van der Waals surface area contributed by atoms with Gasteiger partial charge in [0.05, 0.1) is 18.8 Å². The number of aryl methyl sites for hydroxylation is 1. The molecule has 148 valence electrons. The molecule has 1 saturated carbocycles. The monoisotopic (exact) mass is 384 g/mol. The summed E-state index contributed by atoms with van der Waals surface area (Å²) in [6, 6.07) is 7.52. The summed E-state index contributed by atoms with van der Waals surface area (Å²) in [4.78, 5) is 24.6. The van der Waals surface area contributed by atoms with Gasteiger partial charge in [0, 0.05) is 35.6 Å². The van der Waals surface area contributed by atoms with Crippen molar-refractivity contribution in [2.24, 2.45) is 0 Å². The number of hydrogen-bond donors (Lipinski definition) is 1. The Bertz CT molecular complexity index is 914. The normalized spacial score (nSPS) is 15.6. The summed E-state index contributed by atoms with van der Waals surface area (Å²) in [5, 5.41) is 2.72. The lowest BCUT2D eigenvalue weighted by molar-refractivity contribution is -0.119. The number of nitrogens with one attached hydrogen (secondary N) is 1. The molecule has 0 atom stereocenters. The molecule has 0 spiro atoms. The molecule has 1 amide bonds. The molecule has 28 heavy (non-hydrogen) atoms. The number of aromatic nitrogens is 1. The second-order valence-corrected chi connectivity index (χ2v) is 7.22. The Labute approximate surface area is 163 Å². The van der Waals surface area contributed by atoms with Crippen LogP contribution in [0.3, 0.4) is 0 Å². The van der Waals surface area contributed by atoms with Crippen molar-refractivity contribution in [2.45, 2.75) is 39.2 Å². The molecule has 1 aliphatic heterocycles. The van der Waals surface area contributed by atoms with Crippen LogP contribution in [0.1, 0.15) is 47.1 Å². The lowest BCUT2D eigenvalue weighted by Gasteiger charge is -2.11. The molecule has 4 rings (SSSR count). The van der Waals surface area contributed by atoms with Crippen molar-refractivity contribution < 1.29 is 23.8 Å². The van der Waals surface area contributed by atoms with Gasteiger partial charge in [0.1, 0.15) is 0 Å². The number of amides is 1. The van der Waals surface area contributed by atoms with Crippen molar-refractivity contribution in [1.82, 2.24) is 4.57 Å². The van der Waals surface area contributed by atoms with Crippen LogP contribution in [0.15, 0.2) is 24.3 Å². The molecule has 2 heterocycles. The first kappa shape index (κ1) is 18.4. The molecule has 1 aromatic heterocycles. The molecular formula is C21H24N2O5. The lowest BCUT2D eigenvalue weighted by Crippen LogP contribution is -2.21. The predicted molar refractivity (Wildman–Crippen MR) is 103 cm³/mol. The Kier molecular flexibility index (Phi) is 4.98. The van der Waals surface area contributed by atoms with Gasteiger partial charge in [-0.15, -0.1) is 0 Å². The number of benzene rings is 1. The fourth-order valence-electron chi connectivity index (χ4n) is 3.53. The maximum absolute atomic E-state index is 12.4. The second-order valence-electron chi connectivity index (χ2n) is 7.22. The second kappa shape index (κ2) is 7.58. The maximum atomic E-state index is 12.4. The van der Waals surface area contributed by atoms with Crippen LogP contribution < -0.4 is 14.8 Å². The molecule has 1 aliphatic carbocycles. The lowest BCUT2D eigenvalue weighted by atomic mass is 10.2. The van der Waals surface area contributed by atoms with Crippen LogP contribution in [-0.4, -0.2) is 36.3 Å². The van der Waals surface area contributed by atoms with E-state index < -0.39 is 11.9 Å². The molecule has 0 unspecified atom stereocenters. The zero-order valence-electron chi connectivity index (χ0n) is 16.1. The van der Waals surface area contributed by atoms with E-state index in [1.807, 2.05) is 19.9 Å². The van der Waals surface area contributed by atoms with Gasteiger partial charge in [-0.2, -0.15) is 0 Å². The molecule has 0 saturated heterocycles. The summed E-state index contributed by atoms with van der Waals surface area (Å²) in [7, 11) is 0. The smallest absolute Gasteiger partial charge is 0.340 e. The number of hydrogen-bond acceptors (Lipinski definition) is 5. The highest BCUT2D eigenvalue weighted by molar-refractivity contribution is 5.96. The van der Waals surface area contributed by atoms with Gasteiger partial charge in [0.2, 0.25) is 0 Å². The highest BCUT2D eigenvalue weighted by Crippen LogP contribution is 2.38. The number of anilines is 1. The van der Waals surface area contributed by atoms with Crippen molar-refractivity contribution in [3.05, 3.63) is 41.2 Å². The van der Waals surface area contributed by atoms with E-state index in [1.54, 1.807) is 18.2 Å². The molecule has 2 aliphatic rings. The summed E-state index contributed by atoms with van der Waals surface area (Å²) in [5.41, 5.74) is 3.03. The zero-order chi connectivity index (χ0) is 19.7. The van der Waals surface area contributed by atoms with Crippen molar-refractivity contribution in [1.29, 1.82) is 0 Å². The number of ether oxygens (including phenoxy) is 3. The van der Waals surface area contributed by atoms with Crippen molar-refractivity contribution >= 4 is 17.6 Å². The van der Waals surface area contributed by atoms with Crippen molar-refractivity contribution in [3.63, 3.8) is 0 Å². The predicted octanol–water partition coefficient (Wildman–Crippen LogP) is 3.40. The van der Waals surface area contributed by atoms with E-state index in [0.29, 0.717) is 42.0 Å². The van der Waals surface area contributed by atoms with Crippen LogP contribution in [0.2, 0.25) is 0 Å². The third kappa shape index (κ3) is 3.83. The first-order chi connectivity index (χ1) is 13.5. The first-order valence-electron chi connectivity index (χ1n) is 9.58. The van der Waals surface area contributed by atoms with Crippen LogP contribution in [0.4, 0.5) is 5.69 Å². The fourth-order valence-corrected chi connectivity index (χ4v) is 3.53. The molecule has 0 radical (unpaired) electrons. The summed E-state index contributed by atoms with van der Waals surface area (Å²) in [5.74, 6) is 0.375. The summed E-state index contributed by atoms with van der Waals surface area (Å²) < 4.78 is 18.6. The average molecular weight is 384 g/mol. The van der Waals surface area contributed by atoms with Gasteiger partial charge in [-0.3, -0.25) is 4.79 Å². The van der Waals surface area contributed by atoms with E-state index >= 15 is 0 Å². The number of fused-ring (bicyclic) bond motifs is 1. The van der Waals surface area contributed by atoms with Gasteiger partial charge in [-0.25, -0.2) is 4.79 Å². The van der Waals surface area contributed by atoms with E-state index in [2.05, 4.69) is 9.88 Å². The molecule has 7 heteroatoms. The number of carbonyl (C=O) groups is 2. The van der Waals surface area contributed by atoms with Crippen LogP contribution in [-0.2, 0) is 9.53 Å². The van der Waals surface area contributed by atoms with Crippen molar-refractivity contribution in [2.75, 3.05) is 25.1 Å². The van der Waals surface area contributed by atoms with Gasteiger partial charge in [-0.1, -0.05) is 0 Å². The molecule has 2 aromatic rings. The molecule has 0 bridgehead atoms. The zero-order valence-corrected chi connectivity index (χ0v) is 16.1. The molecule has 1 aromatic carbocycles. The molecular weight excluding hydrogens is 360 g/mol. The van der Waals surface area contributed by atoms with Gasteiger partial charge < -0.3 is 24.1 Å². The SMILES string of the molecule is Cc1cc(C(=O)OCC(=O)Nc2ccc3c(c2)OCCCO3)c(C)n1C1CC1. The Hall–Kier alpha value is -2.96.